The lowest BCUT2D eigenvalue weighted by Crippen LogP contribution is -2.53. The summed E-state index contributed by atoms with van der Waals surface area (Å²) in [6, 6.07) is 9.32. The molecule has 21 heavy (non-hydrogen) atoms. The number of halogens is 1. The zero-order valence-electron chi connectivity index (χ0n) is 13.0. The number of amides is 1. The van der Waals surface area contributed by atoms with Gasteiger partial charge in [0.05, 0.1) is 11.6 Å². The molecule has 0 saturated heterocycles. The average Bonchev–Trinajstić information content (AvgIpc) is 2.39. The maximum atomic E-state index is 12.1. The minimum Gasteiger partial charge on any atom is -0.388 e. The summed E-state index contributed by atoms with van der Waals surface area (Å²) in [6.45, 7) is 5.62. The Balaban J connectivity index is 0.00000400. The Morgan fingerprint density at radius 2 is 1.95 bits per heavy atom. The highest BCUT2D eigenvalue weighted by Crippen LogP contribution is 2.18. The molecule has 5 heteroatoms. The van der Waals surface area contributed by atoms with Gasteiger partial charge in [0.15, 0.2) is 0 Å². The van der Waals surface area contributed by atoms with Crippen molar-refractivity contribution in [1.29, 1.82) is 0 Å². The van der Waals surface area contributed by atoms with E-state index in [0.29, 0.717) is 12.8 Å². The van der Waals surface area contributed by atoms with E-state index in [0.717, 1.165) is 12.0 Å². The van der Waals surface area contributed by atoms with E-state index in [2.05, 4.69) is 5.32 Å². The zero-order valence-corrected chi connectivity index (χ0v) is 13.8. The molecule has 0 saturated carbocycles. The summed E-state index contributed by atoms with van der Waals surface area (Å²) in [4.78, 5) is 12.1. The fourth-order valence-electron chi connectivity index (χ4n) is 2.23. The van der Waals surface area contributed by atoms with Crippen LogP contribution in [0.2, 0.25) is 0 Å². The minimum atomic E-state index is -0.847. The van der Waals surface area contributed by atoms with E-state index in [1.54, 1.807) is 6.92 Å². The van der Waals surface area contributed by atoms with Crippen LogP contribution in [-0.2, 0) is 4.79 Å². The van der Waals surface area contributed by atoms with Crippen LogP contribution in [-0.4, -0.2) is 22.6 Å². The molecule has 0 bridgehead atoms. The maximum Gasteiger partial charge on any atom is 0.240 e. The topological polar surface area (TPSA) is 75.4 Å². The largest absolute Gasteiger partial charge is 0.388 e. The van der Waals surface area contributed by atoms with Gasteiger partial charge >= 0.3 is 0 Å². The van der Waals surface area contributed by atoms with Gasteiger partial charge in [-0.1, -0.05) is 43.7 Å². The quantitative estimate of drug-likeness (QED) is 0.724. The molecule has 1 amide bonds. The third kappa shape index (κ3) is 6.46. The first-order valence-corrected chi connectivity index (χ1v) is 7.19. The summed E-state index contributed by atoms with van der Waals surface area (Å²) < 4.78 is 0. The lowest BCUT2D eigenvalue weighted by atomic mass is 9.95. The SMILES string of the molecule is CCCC(C)(N)C(=O)NC(C)CC(O)c1ccccc1.Cl. The van der Waals surface area contributed by atoms with Crippen LogP contribution in [0.25, 0.3) is 0 Å². The molecule has 0 fully saturated rings. The standard InChI is InChI=1S/C16H26N2O2.ClH/c1-4-10-16(3,17)15(20)18-12(2)11-14(19)13-8-6-5-7-9-13;/h5-9,12,14,19H,4,10-11,17H2,1-3H3,(H,18,20);1H. The molecule has 0 aliphatic carbocycles. The summed E-state index contributed by atoms with van der Waals surface area (Å²) >= 11 is 0. The van der Waals surface area contributed by atoms with Crippen molar-refractivity contribution in [3.8, 4) is 0 Å². The molecule has 3 unspecified atom stereocenters. The summed E-state index contributed by atoms with van der Waals surface area (Å²) in [5, 5.41) is 13.0. The second kappa shape index (κ2) is 9.03. The van der Waals surface area contributed by atoms with Gasteiger partial charge in [-0.15, -0.1) is 12.4 Å². The maximum absolute atomic E-state index is 12.1. The molecule has 120 valence electrons. The van der Waals surface area contributed by atoms with Crippen molar-refractivity contribution in [2.75, 3.05) is 0 Å². The Morgan fingerprint density at radius 1 is 1.38 bits per heavy atom. The summed E-state index contributed by atoms with van der Waals surface area (Å²) in [6.07, 6.45) is 1.40. The van der Waals surface area contributed by atoms with Crippen LogP contribution in [0.15, 0.2) is 30.3 Å². The first-order valence-electron chi connectivity index (χ1n) is 7.19. The first kappa shape index (κ1) is 19.9. The number of nitrogens with two attached hydrogens (primary N) is 1. The van der Waals surface area contributed by atoms with Crippen LogP contribution in [0.1, 0.15) is 51.7 Å². The van der Waals surface area contributed by atoms with E-state index in [1.165, 1.54) is 0 Å². The molecular weight excluding hydrogens is 288 g/mol. The number of carbonyl (C=O) groups excluding carboxylic acids is 1. The van der Waals surface area contributed by atoms with E-state index in [-0.39, 0.29) is 24.4 Å². The third-order valence-corrected chi connectivity index (χ3v) is 3.43. The molecular formula is C16H27ClN2O2. The first-order chi connectivity index (χ1) is 9.36. The lowest BCUT2D eigenvalue weighted by molar-refractivity contribution is -0.126. The van der Waals surface area contributed by atoms with Crippen LogP contribution in [0.5, 0.6) is 0 Å². The molecule has 0 aliphatic heterocycles. The van der Waals surface area contributed by atoms with Crippen molar-refractivity contribution in [3.63, 3.8) is 0 Å². The summed E-state index contributed by atoms with van der Waals surface area (Å²) in [5.41, 5.74) is 6.00. The van der Waals surface area contributed by atoms with Gasteiger partial charge in [-0.05, 0) is 32.3 Å². The average molecular weight is 315 g/mol. The second-order valence-electron chi connectivity index (χ2n) is 5.70. The Bertz CT molecular complexity index is 424. The molecule has 4 nitrogen and oxygen atoms in total. The smallest absolute Gasteiger partial charge is 0.240 e. The van der Waals surface area contributed by atoms with Crippen LogP contribution < -0.4 is 11.1 Å². The van der Waals surface area contributed by atoms with E-state index in [1.807, 2.05) is 44.2 Å². The number of aliphatic hydroxyl groups excluding tert-OH is 1. The number of aliphatic hydroxyl groups is 1. The monoisotopic (exact) mass is 314 g/mol. The van der Waals surface area contributed by atoms with Crippen molar-refractivity contribution in [2.24, 2.45) is 5.73 Å². The predicted octanol–water partition coefficient (Wildman–Crippen LogP) is 2.55. The highest BCUT2D eigenvalue weighted by atomic mass is 35.5. The number of hydrogen-bond acceptors (Lipinski definition) is 3. The molecule has 3 atom stereocenters. The Morgan fingerprint density at radius 3 is 2.48 bits per heavy atom. The normalized spacial score (nSPS) is 16.2. The van der Waals surface area contributed by atoms with Crippen LogP contribution in [0.3, 0.4) is 0 Å². The van der Waals surface area contributed by atoms with Crippen molar-refractivity contribution in [2.45, 2.75) is 57.7 Å². The molecule has 0 aliphatic rings. The van der Waals surface area contributed by atoms with Gasteiger partial charge in [0.2, 0.25) is 5.91 Å². The molecule has 0 aromatic heterocycles. The number of benzene rings is 1. The van der Waals surface area contributed by atoms with Crippen molar-refractivity contribution in [1.82, 2.24) is 5.32 Å². The van der Waals surface area contributed by atoms with E-state index < -0.39 is 11.6 Å². The Kier molecular flexibility index (Phi) is 8.55. The van der Waals surface area contributed by atoms with Crippen LogP contribution in [0.4, 0.5) is 0 Å². The van der Waals surface area contributed by atoms with Gasteiger partial charge in [0.25, 0.3) is 0 Å². The molecule has 0 radical (unpaired) electrons. The molecule has 1 aromatic carbocycles. The van der Waals surface area contributed by atoms with Crippen LogP contribution >= 0.6 is 12.4 Å². The highest BCUT2D eigenvalue weighted by Gasteiger charge is 2.28. The second-order valence-corrected chi connectivity index (χ2v) is 5.70. The van der Waals surface area contributed by atoms with Gasteiger partial charge in [-0.3, -0.25) is 4.79 Å². The summed E-state index contributed by atoms with van der Waals surface area (Å²) in [5.74, 6) is -0.160. The van der Waals surface area contributed by atoms with Crippen molar-refractivity contribution >= 4 is 18.3 Å². The van der Waals surface area contributed by atoms with E-state index in [4.69, 9.17) is 5.73 Å². The van der Waals surface area contributed by atoms with Gasteiger partial charge in [0, 0.05) is 6.04 Å². The lowest BCUT2D eigenvalue weighted by Gasteiger charge is -2.26. The van der Waals surface area contributed by atoms with Gasteiger partial charge < -0.3 is 16.2 Å². The van der Waals surface area contributed by atoms with Crippen molar-refractivity contribution in [3.05, 3.63) is 35.9 Å². The fraction of sp³-hybridized carbons (Fsp3) is 0.562. The fourth-order valence-corrected chi connectivity index (χ4v) is 2.23. The van der Waals surface area contributed by atoms with Gasteiger partial charge in [-0.2, -0.15) is 0 Å². The molecule has 1 rings (SSSR count). The third-order valence-electron chi connectivity index (χ3n) is 3.43. The van der Waals surface area contributed by atoms with Gasteiger partial charge in [0.1, 0.15) is 0 Å². The number of rotatable bonds is 7. The number of nitrogens with one attached hydrogen (secondary N) is 1. The predicted molar refractivity (Wildman–Crippen MR) is 88.4 cm³/mol. The van der Waals surface area contributed by atoms with Crippen molar-refractivity contribution < 1.29 is 9.90 Å². The van der Waals surface area contributed by atoms with E-state index in [9.17, 15) is 9.90 Å². The van der Waals surface area contributed by atoms with E-state index >= 15 is 0 Å². The van der Waals surface area contributed by atoms with Gasteiger partial charge in [-0.25, -0.2) is 0 Å². The Labute approximate surface area is 133 Å². The molecule has 0 spiro atoms. The minimum absolute atomic E-state index is 0. The zero-order chi connectivity index (χ0) is 15.2. The molecule has 4 N–H and O–H groups in total. The number of hydrogen-bond donors (Lipinski definition) is 3. The summed E-state index contributed by atoms with van der Waals surface area (Å²) in [7, 11) is 0. The Hall–Kier alpha value is -1.10. The number of carbonyl (C=O) groups is 1. The molecule has 0 heterocycles. The van der Waals surface area contributed by atoms with Crippen LogP contribution in [0, 0.1) is 0 Å². The molecule has 1 aromatic rings. The highest BCUT2D eigenvalue weighted by molar-refractivity contribution is 5.86.